The molecule has 0 spiro atoms. The molecule has 1 aliphatic rings. The number of nitrogens with zero attached hydrogens (tertiary/aromatic N) is 1. The van der Waals surface area contributed by atoms with Crippen molar-refractivity contribution < 1.29 is 0 Å². The quantitative estimate of drug-likeness (QED) is 0.757. The van der Waals surface area contributed by atoms with Gasteiger partial charge in [0.25, 0.3) is 0 Å². The molecule has 15 heavy (non-hydrogen) atoms. The van der Waals surface area contributed by atoms with Crippen LogP contribution < -0.4 is 5.32 Å². The lowest BCUT2D eigenvalue weighted by atomic mass is 10.1. The topological polar surface area (TPSA) is 35.8 Å². The first-order valence-electron chi connectivity index (χ1n) is 5.26. The van der Waals surface area contributed by atoms with Crippen molar-refractivity contribution in [2.24, 2.45) is 0 Å². The van der Waals surface area contributed by atoms with E-state index in [4.69, 9.17) is 5.26 Å². The minimum Gasteiger partial charge on any atom is -0.309 e. The summed E-state index contributed by atoms with van der Waals surface area (Å²) in [6, 6.07) is 10.5. The molecule has 2 heteroatoms. The summed E-state index contributed by atoms with van der Waals surface area (Å²) in [5.74, 6) is 0. The standard InChI is InChI=1S/C13H14N2/c14-9-11-5-7-12(8-6-11)10-15-13-3-1-2-4-13/h1-2,5-8,13,15H,3-4,10H2. The number of hydrogen-bond acceptors (Lipinski definition) is 2. The van der Waals surface area contributed by atoms with E-state index in [9.17, 15) is 0 Å². The van der Waals surface area contributed by atoms with Crippen LogP contribution in [0, 0.1) is 11.3 Å². The largest absolute Gasteiger partial charge is 0.309 e. The van der Waals surface area contributed by atoms with Gasteiger partial charge in [-0.3, -0.25) is 0 Å². The molecule has 2 rings (SSSR count). The highest BCUT2D eigenvalue weighted by atomic mass is 14.9. The fourth-order valence-corrected chi connectivity index (χ4v) is 1.74. The van der Waals surface area contributed by atoms with E-state index in [2.05, 4.69) is 23.5 Å². The number of nitrogens with one attached hydrogen (secondary N) is 1. The van der Waals surface area contributed by atoms with Crippen LogP contribution in [0.15, 0.2) is 36.4 Å². The molecule has 0 amide bonds. The van der Waals surface area contributed by atoms with E-state index in [0.29, 0.717) is 6.04 Å². The predicted octanol–water partition coefficient (Wildman–Crippen LogP) is 2.37. The summed E-state index contributed by atoms with van der Waals surface area (Å²) in [5.41, 5.74) is 1.96. The number of nitriles is 1. The van der Waals surface area contributed by atoms with E-state index in [1.54, 1.807) is 0 Å². The third kappa shape index (κ3) is 2.68. The first-order valence-corrected chi connectivity index (χ1v) is 5.26. The summed E-state index contributed by atoms with van der Waals surface area (Å²) in [7, 11) is 0. The summed E-state index contributed by atoms with van der Waals surface area (Å²) in [4.78, 5) is 0. The van der Waals surface area contributed by atoms with Crippen LogP contribution >= 0.6 is 0 Å². The molecule has 0 aromatic heterocycles. The summed E-state index contributed by atoms with van der Waals surface area (Å²) in [6.07, 6.45) is 6.71. The van der Waals surface area contributed by atoms with Crippen molar-refractivity contribution in [2.75, 3.05) is 0 Å². The summed E-state index contributed by atoms with van der Waals surface area (Å²) < 4.78 is 0. The normalized spacial score (nSPS) is 15.4. The molecule has 0 aliphatic heterocycles. The molecule has 0 unspecified atom stereocenters. The van der Waals surface area contributed by atoms with Crippen LogP contribution in [0.4, 0.5) is 0 Å². The van der Waals surface area contributed by atoms with Gasteiger partial charge in [0.1, 0.15) is 0 Å². The Morgan fingerprint density at radius 2 is 1.87 bits per heavy atom. The third-order valence-electron chi connectivity index (χ3n) is 2.69. The van der Waals surface area contributed by atoms with Crippen LogP contribution in [0.1, 0.15) is 24.0 Å². The molecule has 1 aromatic rings. The summed E-state index contributed by atoms with van der Waals surface area (Å²) in [6.45, 7) is 0.887. The summed E-state index contributed by atoms with van der Waals surface area (Å²) >= 11 is 0. The molecule has 0 saturated carbocycles. The molecule has 0 radical (unpaired) electrons. The van der Waals surface area contributed by atoms with Gasteiger partial charge in [-0.15, -0.1) is 0 Å². The van der Waals surface area contributed by atoms with Crippen molar-refractivity contribution in [1.29, 1.82) is 5.26 Å². The molecule has 2 nitrogen and oxygen atoms in total. The second-order valence-electron chi connectivity index (χ2n) is 3.83. The van der Waals surface area contributed by atoms with Gasteiger partial charge in [0.15, 0.2) is 0 Å². The van der Waals surface area contributed by atoms with Crippen LogP contribution in [0.2, 0.25) is 0 Å². The monoisotopic (exact) mass is 198 g/mol. The maximum atomic E-state index is 8.66. The Hall–Kier alpha value is -1.59. The van der Waals surface area contributed by atoms with Gasteiger partial charge >= 0.3 is 0 Å². The van der Waals surface area contributed by atoms with E-state index in [0.717, 1.165) is 24.9 Å². The molecule has 0 heterocycles. The van der Waals surface area contributed by atoms with Crippen molar-refractivity contribution in [3.8, 4) is 6.07 Å². The Balaban J connectivity index is 1.85. The van der Waals surface area contributed by atoms with Gasteiger partial charge in [0, 0.05) is 12.6 Å². The number of hydrogen-bond donors (Lipinski definition) is 1. The molecule has 0 atom stereocenters. The van der Waals surface area contributed by atoms with Gasteiger partial charge in [0.05, 0.1) is 11.6 Å². The Morgan fingerprint density at radius 3 is 2.47 bits per heavy atom. The van der Waals surface area contributed by atoms with E-state index in [1.165, 1.54) is 5.56 Å². The fourth-order valence-electron chi connectivity index (χ4n) is 1.74. The lowest BCUT2D eigenvalue weighted by Crippen LogP contribution is -2.25. The first-order chi connectivity index (χ1) is 7.38. The average Bonchev–Trinajstić information content (AvgIpc) is 2.80. The zero-order valence-electron chi connectivity index (χ0n) is 8.61. The third-order valence-corrected chi connectivity index (χ3v) is 2.69. The predicted molar refractivity (Wildman–Crippen MR) is 60.2 cm³/mol. The number of rotatable bonds is 3. The first kappa shape index (κ1) is 9.95. The smallest absolute Gasteiger partial charge is 0.0991 e. The van der Waals surface area contributed by atoms with Crippen molar-refractivity contribution >= 4 is 0 Å². The Bertz CT molecular complexity index is 376. The van der Waals surface area contributed by atoms with Gasteiger partial charge < -0.3 is 5.32 Å². The minimum absolute atomic E-state index is 0.598. The lowest BCUT2D eigenvalue weighted by Gasteiger charge is -2.11. The Kier molecular flexibility index (Phi) is 3.16. The van der Waals surface area contributed by atoms with Gasteiger partial charge in [-0.2, -0.15) is 5.26 Å². The zero-order valence-corrected chi connectivity index (χ0v) is 8.61. The SMILES string of the molecule is N#Cc1ccc(CNC2CC=CC2)cc1. The Morgan fingerprint density at radius 1 is 1.20 bits per heavy atom. The zero-order chi connectivity index (χ0) is 10.5. The minimum atomic E-state index is 0.598. The van der Waals surface area contributed by atoms with E-state index in [-0.39, 0.29) is 0 Å². The highest BCUT2D eigenvalue weighted by Gasteiger charge is 2.08. The maximum absolute atomic E-state index is 8.66. The van der Waals surface area contributed by atoms with Crippen LogP contribution in [0.3, 0.4) is 0 Å². The van der Waals surface area contributed by atoms with Crippen LogP contribution in [0.25, 0.3) is 0 Å². The lowest BCUT2D eigenvalue weighted by molar-refractivity contribution is 0.538. The van der Waals surface area contributed by atoms with Crippen molar-refractivity contribution in [2.45, 2.75) is 25.4 Å². The molecule has 0 fully saturated rings. The van der Waals surface area contributed by atoms with Crippen molar-refractivity contribution in [3.63, 3.8) is 0 Å². The molecular weight excluding hydrogens is 184 g/mol. The van der Waals surface area contributed by atoms with Crippen LogP contribution in [-0.2, 0) is 6.54 Å². The maximum Gasteiger partial charge on any atom is 0.0991 e. The molecule has 76 valence electrons. The van der Waals surface area contributed by atoms with Gasteiger partial charge in [-0.05, 0) is 30.5 Å². The number of benzene rings is 1. The highest BCUT2D eigenvalue weighted by molar-refractivity contribution is 5.31. The average molecular weight is 198 g/mol. The molecule has 1 N–H and O–H groups in total. The second kappa shape index (κ2) is 4.77. The van der Waals surface area contributed by atoms with Crippen LogP contribution in [-0.4, -0.2) is 6.04 Å². The molecule has 0 bridgehead atoms. The summed E-state index contributed by atoms with van der Waals surface area (Å²) in [5, 5.41) is 12.1. The van der Waals surface area contributed by atoms with Gasteiger partial charge in [-0.1, -0.05) is 24.3 Å². The fraction of sp³-hybridized carbons (Fsp3) is 0.308. The van der Waals surface area contributed by atoms with Crippen molar-refractivity contribution in [3.05, 3.63) is 47.5 Å². The Labute approximate surface area is 90.2 Å². The van der Waals surface area contributed by atoms with Gasteiger partial charge in [0.2, 0.25) is 0 Å². The van der Waals surface area contributed by atoms with Crippen molar-refractivity contribution in [1.82, 2.24) is 5.32 Å². The molecule has 0 saturated heterocycles. The van der Waals surface area contributed by atoms with Gasteiger partial charge in [-0.25, -0.2) is 0 Å². The highest BCUT2D eigenvalue weighted by Crippen LogP contribution is 2.10. The second-order valence-corrected chi connectivity index (χ2v) is 3.83. The molecule has 1 aromatic carbocycles. The van der Waals surface area contributed by atoms with E-state index < -0.39 is 0 Å². The van der Waals surface area contributed by atoms with E-state index >= 15 is 0 Å². The van der Waals surface area contributed by atoms with E-state index in [1.807, 2.05) is 24.3 Å². The molecular formula is C13H14N2. The van der Waals surface area contributed by atoms with Crippen LogP contribution in [0.5, 0.6) is 0 Å². The molecule has 1 aliphatic carbocycles.